The topological polar surface area (TPSA) is 40.5 Å². The lowest BCUT2D eigenvalue weighted by Crippen LogP contribution is -2.46. The number of hydrogen-bond acceptors (Lipinski definition) is 2. The van der Waals surface area contributed by atoms with Crippen molar-refractivity contribution in [1.29, 1.82) is 0 Å². The number of alkyl halides is 3. The minimum absolute atomic E-state index is 0.0216. The van der Waals surface area contributed by atoms with Crippen LogP contribution in [0.2, 0.25) is 0 Å². The van der Waals surface area contributed by atoms with Gasteiger partial charge in [0, 0.05) is 0 Å². The maximum Gasteiger partial charge on any atom is 0.416 e. The molecule has 4 aliphatic carbocycles. The van der Waals surface area contributed by atoms with E-state index in [0.717, 1.165) is 32.6 Å². The Hall–Kier alpha value is -0.290. The van der Waals surface area contributed by atoms with Gasteiger partial charge in [0.2, 0.25) is 0 Å². The molecule has 0 aromatic rings. The van der Waals surface area contributed by atoms with Crippen LogP contribution in [0.4, 0.5) is 13.2 Å². The van der Waals surface area contributed by atoms with Crippen LogP contribution >= 0.6 is 0 Å². The predicted octanol–water partition coefficient (Wildman–Crippen LogP) is 4.25. The van der Waals surface area contributed by atoms with E-state index in [1.54, 1.807) is 0 Å². The van der Waals surface area contributed by atoms with Crippen LogP contribution in [0.25, 0.3) is 0 Å². The van der Waals surface area contributed by atoms with Gasteiger partial charge in [-0.25, -0.2) is 0 Å². The highest BCUT2D eigenvalue weighted by Gasteiger charge is 2.62. The third-order valence-electron chi connectivity index (χ3n) is 8.79. The van der Waals surface area contributed by atoms with E-state index in [9.17, 15) is 23.4 Å². The average molecular weight is 360 g/mol. The van der Waals surface area contributed by atoms with Gasteiger partial charge in [-0.05, 0) is 92.3 Å². The van der Waals surface area contributed by atoms with E-state index in [4.69, 9.17) is 0 Å². The van der Waals surface area contributed by atoms with Gasteiger partial charge in [0.15, 0.2) is 5.60 Å². The van der Waals surface area contributed by atoms with Crippen molar-refractivity contribution in [2.75, 3.05) is 0 Å². The lowest BCUT2D eigenvalue weighted by molar-refractivity contribution is -0.260. The summed E-state index contributed by atoms with van der Waals surface area (Å²) in [5.74, 6) is 3.94. The van der Waals surface area contributed by atoms with Crippen molar-refractivity contribution in [3.8, 4) is 0 Å². The van der Waals surface area contributed by atoms with Gasteiger partial charge in [-0.15, -0.1) is 0 Å². The van der Waals surface area contributed by atoms with E-state index < -0.39 is 11.8 Å². The van der Waals surface area contributed by atoms with Crippen LogP contribution in [0.5, 0.6) is 0 Å². The minimum atomic E-state index is -4.55. The van der Waals surface area contributed by atoms with Crippen molar-refractivity contribution in [1.82, 2.24) is 0 Å². The summed E-state index contributed by atoms with van der Waals surface area (Å²) < 4.78 is 39.2. The van der Waals surface area contributed by atoms with E-state index >= 15 is 0 Å². The van der Waals surface area contributed by atoms with Crippen molar-refractivity contribution >= 4 is 0 Å². The summed E-state index contributed by atoms with van der Waals surface area (Å²) in [7, 11) is 0. The summed E-state index contributed by atoms with van der Waals surface area (Å²) in [6.07, 6.45) is -0.970. The Morgan fingerprint density at radius 1 is 0.880 bits per heavy atom. The molecule has 0 aromatic heterocycles. The van der Waals surface area contributed by atoms with Crippen molar-refractivity contribution < 1.29 is 23.4 Å². The molecule has 11 atom stereocenters. The third-order valence-corrected chi connectivity index (χ3v) is 8.79. The zero-order chi connectivity index (χ0) is 18.3. The first-order valence-corrected chi connectivity index (χ1v) is 9.98. The molecule has 4 aliphatic rings. The first-order chi connectivity index (χ1) is 11.5. The number of aliphatic hydroxyl groups excluding tert-OH is 1. The molecule has 0 saturated heterocycles. The molecular formula is C20H31F3O2. The molecule has 0 aliphatic heterocycles. The van der Waals surface area contributed by atoms with Gasteiger partial charge >= 0.3 is 6.18 Å². The van der Waals surface area contributed by atoms with Gasteiger partial charge in [-0.1, -0.05) is 13.8 Å². The molecule has 5 heteroatoms. The summed E-state index contributed by atoms with van der Waals surface area (Å²) in [4.78, 5) is 0. The standard InChI is InChI=1S/C20H31F3O2/c1-9-11-5-15(16(24)7-11)18(9)17-10(2)14-6-12(17)4-13(14)8-19(3,25)20(21,22)23/h9-18,24-25H,4-8H2,1-3H3. The van der Waals surface area contributed by atoms with Crippen LogP contribution in [0, 0.1) is 53.3 Å². The summed E-state index contributed by atoms with van der Waals surface area (Å²) in [5.41, 5.74) is -2.58. The molecule has 11 unspecified atom stereocenters. The molecule has 0 amide bonds. The number of hydrogen-bond donors (Lipinski definition) is 2. The maximum atomic E-state index is 13.1. The zero-order valence-corrected chi connectivity index (χ0v) is 15.3. The monoisotopic (exact) mass is 360 g/mol. The fourth-order valence-electron chi connectivity index (χ4n) is 7.67. The van der Waals surface area contributed by atoms with Gasteiger partial charge in [-0.3, -0.25) is 0 Å². The van der Waals surface area contributed by atoms with E-state index in [-0.39, 0.29) is 18.4 Å². The van der Waals surface area contributed by atoms with E-state index in [1.807, 2.05) is 0 Å². The first kappa shape index (κ1) is 18.1. The van der Waals surface area contributed by atoms with Crippen LogP contribution in [-0.4, -0.2) is 28.1 Å². The number of rotatable bonds is 3. The van der Waals surface area contributed by atoms with Crippen molar-refractivity contribution in [3.63, 3.8) is 0 Å². The van der Waals surface area contributed by atoms with Crippen molar-refractivity contribution in [2.45, 2.75) is 70.8 Å². The minimum Gasteiger partial charge on any atom is -0.393 e. The molecule has 0 spiro atoms. The highest BCUT2D eigenvalue weighted by atomic mass is 19.4. The molecule has 2 nitrogen and oxygen atoms in total. The Balaban J connectivity index is 1.48. The van der Waals surface area contributed by atoms with Crippen LogP contribution < -0.4 is 0 Å². The second kappa shape index (κ2) is 5.60. The molecule has 4 bridgehead atoms. The molecule has 4 rings (SSSR count). The van der Waals surface area contributed by atoms with E-state index in [0.29, 0.717) is 47.3 Å². The van der Waals surface area contributed by atoms with Crippen LogP contribution in [0.15, 0.2) is 0 Å². The molecule has 2 N–H and O–H groups in total. The van der Waals surface area contributed by atoms with Crippen LogP contribution in [-0.2, 0) is 0 Å². The number of halogens is 3. The Kier molecular flexibility index (Phi) is 4.06. The SMILES string of the molecule is CC1C2CC(CC2CC(C)(O)C(F)(F)F)C1C1C(C)C2CC(O)C1C2. The summed E-state index contributed by atoms with van der Waals surface area (Å²) >= 11 is 0. The van der Waals surface area contributed by atoms with Crippen molar-refractivity contribution in [3.05, 3.63) is 0 Å². The average Bonchev–Trinajstić information content (AvgIpc) is 3.18. The fraction of sp³-hybridized carbons (Fsp3) is 1.00. The second-order valence-corrected chi connectivity index (χ2v) is 9.97. The third kappa shape index (κ3) is 2.59. The lowest BCUT2D eigenvalue weighted by atomic mass is 9.61. The Bertz CT molecular complexity index is 530. The quantitative estimate of drug-likeness (QED) is 0.790. The summed E-state index contributed by atoms with van der Waals surface area (Å²) in [5, 5.41) is 20.3. The van der Waals surface area contributed by atoms with E-state index in [1.165, 1.54) is 0 Å². The van der Waals surface area contributed by atoms with Crippen LogP contribution in [0.3, 0.4) is 0 Å². The zero-order valence-electron chi connectivity index (χ0n) is 15.3. The Labute approximate surface area is 148 Å². The lowest BCUT2D eigenvalue weighted by Gasteiger charge is -2.44. The molecule has 25 heavy (non-hydrogen) atoms. The summed E-state index contributed by atoms with van der Waals surface area (Å²) in [6.45, 7) is 5.47. The molecule has 144 valence electrons. The second-order valence-electron chi connectivity index (χ2n) is 9.97. The largest absolute Gasteiger partial charge is 0.416 e. The van der Waals surface area contributed by atoms with Crippen molar-refractivity contribution in [2.24, 2.45) is 53.3 Å². The van der Waals surface area contributed by atoms with Crippen LogP contribution in [0.1, 0.15) is 52.9 Å². The maximum absolute atomic E-state index is 13.1. The molecule has 4 fully saturated rings. The molecular weight excluding hydrogens is 329 g/mol. The molecule has 0 radical (unpaired) electrons. The first-order valence-electron chi connectivity index (χ1n) is 9.98. The van der Waals surface area contributed by atoms with E-state index in [2.05, 4.69) is 13.8 Å². The predicted molar refractivity (Wildman–Crippen MR) is 88.5 cm³/mol. The summed E-state index contributed by atoms with van der Waals surface area (Å²) in [6, 6.07) is 0. The molecule has 0 aromatic carbocycles. The molecule has 4 saturated carbocycles. The molecule has 0 heterocycles. The van der Waals surface area contributed by atoms with Gasteiger partial charge in [0.05, 0.1) is 6.10 Å². The Morgan fingerprint density at radius 2 is 1.52 bits per heavy atom. The fourth-order valence-corrected chi connectivity index (χ4v) is 7.67. The smallest absolute Gasteiger partial charge is 0.393 e. The highest BCUT2D eigenvalue weighted by Crippen LogP contribution is 2.65. The highest BCUT2D eigenvalue weighted by molar-refractivity contribution is 5.09. The van der Waals surface area contributed by atoms with Gasteiger partial charge in [0.1, 0.15) is 0 Å². The van der Waals surface area contributed by atoms with Gasteiger partial charge in [-0.2, -0.15) is 13.2 Å². The Morgan fingerprint density at radius 3 is 2.08 bits per heavy atom. The normalized spacial score (nSPS) is 54.2. The van der Waals surface area contributed by atoms with Gasteiger partial charge < -0.3 is 10.2 Å². The number of fused-ring (bicyclic) bond motifs is 4. The number of aliphatic hydroxyl groups is 2. The van der Waals surface area contributed by atoms with Gasteiger partial charge in [0.25, 0.3) is 0 Å².